The summed E-state index contributed by atoms with van der Waals surface area (Å²) in [5, 5.41) is 7.96. The van der Waals surface area contributed by atoms with E-state index in [1.807, 2.05) is 36.4 Å². The molecule has 172 valence electrons. The number of amides is 1. The van der Waals surface area contributed by atoms with E-state index in [1.165, 1.54) is 0 Å². The Morgan fingerprint density at radius 3 is 2.76 bits per heavy atom. The third kappa shape index (κ3) is 3.84. The van der Waals surface area contributed by atoms with Gasteiger partial charge in [0.2, 0.25) is 0 Å². The van der Waals surface area contributed by atoms with E-state index < -0.39 is 10.0 Å². The molecule has 1 amide bonds. The lowest BCUT2D eigenvalue weighted by Crippen LogP contribution is -2.25. The van der Waals surface area contributed by atoms with Gasteiger partial charge in [0.05, 0.1) is 23.2 Å². The monoisotopic (exact) mass is 473 g/mol. The zero-order valence-corrected chi connectivity index (χ0v) is 19.2. The first kappa shape index (κ1) is 20.9. The molecular formula is C26H23N3O4S. The molecule has 34 heavy (non-hydrogen) atoms. The number of fused-ring (bicyclic) bond motifs is 2. The number of benzene rings is 3. The van der Waals surface area contributed by atoms with Crippen LogP contribution in [-0.2, 0) is 22.9 Å². The second-order valence-electron chi connectivity index (χ2n) is 8.88. The highest BCUT2D eigenvalue weighted by Gasteiger charge is 2.25. The van der Waals surface area contributed by atoms with E-state index in [0.717, 1.165) is 44.8 Å². The molecule has 0 radical (unpaired) electrons. The number of nitrogens with one attached hydrogen (secondary N) is 1. The summed E-state index contributed by atoms with van der Waals surface area (Å²) in [5.74, 6) is 0.701. The highest BCUT2D eigenvalue weighted by Crippen LogP contribution is 2.29. The van der Waals surface area contributed by atoms with Crippen molar-refractivity contribution in [2.24, 2.45) is 0 Å². The minimum atomic E-state index is -3.83. The molecule has 4 aromatic rings. The molecule has 1 aliphatic heterocycles. The van der Waals surface area contributed by atoms with Crippen molar-refractivity contribution in [3.05, 3.63) is 89.1 Å². The molecule has 1 fully saturated rings. The van der Waals surface area contributed by atoms with Crippen LogP contribution < -0.4 is 10.1 Å². The molecule has 2 aliphatic rings. The van der Waals surface area contributed by atoms with Crippen LogP contribution in [0.5, 0.6) is 5.75 Å². The molecule has 1 N–H and O–H groups in total. The molecule has 0 atom stereocenters. The van der Waals surface area contributed by atoms with Crippen molar-refractivity contribution in [2.75, 3.05) is 6.61 Å². The molecule has 1 aliphatic carbocycles. The SMILES string of the molecule is O=C(NC1CC1)c1cccc(Cc2ccc3c(cnn3S(=O)(=O)c3ccc4c(c3)CCO4)c2)c1. The van der Waals surface area contributed by atoms with Crippen LogP contribution >= 0.6 is 0 Å². The van der Waals surface area contributed by atoms with Crippen LogP contribution in [0.2, 0.25) is 0 Å². The molecular weight excluding hydrogens is 450 g/mol. The maximum absolute atomic E-state index is 13.3. The second-order valence-corrected chi connectivity index (χ2v) is 10.6. The molecule has 6 rings (SSSR count). The van der Waals surface area contributed by atoms with E-state index in [2.05, 4.69) is 10.4 Å². The molecule has 1 aromatic heterocycles. The highest BCUT2D eigenvalue weighted by molar-refractivity contribution is 7.90. The Hall–Kier alpha value is -3.65. The average Bonchev–Trinajstić information content (AvgIpc) is 3.35. The van der Waals surface area contributed by atoms with E-state index in [1.54, 1.807) is 30.5 Å². The fourth-order valence-electron chi connectivity index (χ4n) is 4.34. The van der Waals surface area contributed by atoms with Crippen LogP contribution in [0.1, 0.15) is 39.9 Å². The molecule has 0 unspecified atom stereocenters. The quantitative estimate of drug-likeness (QED) is 0.461. The minimum absolute atomic E-state index is 0.0376. The maximum Gasteiger partial charge on any atom is 0.283 e. The van der Waals surface area contributed by atoms with E-state index in [4.69, 9.17) is 4.74 Å². The molecule has 0 saturated heterocycles. The lowest BCUT2D eigenvalue weighted by Gasteiger charge is -2.09. The van der Waals surface area contributed by atoms with E-state index in [0.29, 0.717) is 36.6 Å². The summed E-state index contributed by atoms with van der Waals surface area (Å²) in [6.45, 7) is 0.570. The molecule has 3 aromatic carbocycles. The number of hydrogen-bond donors (Lipinski definition) is 1. The first-order valence-corrected chi connectivity index (χ1v) is 12.8. The van der Waals surface area contributed by atoms with Crippen molar-refractivity contribution in [3.63, 3.8) is 0 Å². The Morgan fingerprint density at radius 1 is 1.06 bits per heavy atom. The predicted octanol–water partition coefficient (Wildman–Crippen LogP) is 3.69. The number of aromatic nitrogens is 2. The van der Waals surface area contributed by atoms with Crippen LogP contribution in [0, 0.1) is 0 Å². The van der Waals surface area contributed by atoms with Gasteiger partial charge in [0.1, 0.15) is 5.75 Å². The Balaban J connectivity index is 1.27. The van der Waals surface area contributed by atoms with Crippen LogP contribution in [0.3, 0.4) is 0 Å². The summed E-state index contributed by atoms with van der Waals surface area (Å²) < 4.78 is 33.2. The second kappa shape index (κ2) is 7.99. The van der Waals surface area contributed by atoms with Gasteiger partial charge in [-0.15, -0.1) is 0 Å². The van der Waals surface area contributed by atoms with Crippen LogP contribution in [-0.4, -0.2) is 36.2 Å². The first-order valence-electron chi connectivity index (χ1n) is 11.4. The van der Waals surface area contributed by atoms with Gasteiger partial charge in [0.25, 0.3) is 15.9 Å². The summed E-state index contributed by atoms with van der Waals surface area (Å²) >= 11 is 0. The maximum atomic E-state index is 13.3. The molecule has 8 heteroatoms. The number of hydrogen-bond acceptors (Lipinski definition) is 5. The van der Waals surface area contributed by atoms with Gasteiger partial charge in [-0.2, -0.15) is 17.6 Å². The largest absolute Gasteiger partial charge is 0.493 e. The van der Waals surface area contributed by atoms with Crippen molar-refractivity contribution in [2.45, 2.75) is 36.6 Å². The van der Waals surface area contributed by atoms with Crippen molar-refractivity contribution in [3.8, 4) is 5.75 Å². The van der Waals surface area contributed by atoms with Gasteiger partial charge in [0.15, 0.2) is 0 Å². The Bertz CT molecular complexity index is 1540. The van der Waals surface area contributed by atoms with Crippen molar-refractivity contribution < 1.29 is 17.9 Å². The number of carbonyl (C=O) groups is 1. The zero-order valence-electron chi connectivity index (χ0n) is 18.4. The summed E-state index contributed by atoms with van der Waals surface area (Å²) in [7, 11) is -3.83. The van der Waals surface area contributed by atoms with Crippen molar-refractivity contribution >= 4 is 26.8 Å². The van der Waals surface area contributed by atoms with Gasteiger partial charge in [-0.3, -0.25) is 4.79 Å². The molecule has 0 bridgehead atoms. The van der Waals surface area contributed by atoms with Crippen molar-refractivity contribution in [1.82, 2.24) is 14.5 Å². The molecule has 1 saturated carbocycles. The van der Waals surface area contributed by atoms with Gasteiger partial charge in [0, 0.05) is 23.4 Å². The number of ether oxygens (including phenoxy) is 1. The van der Waals surface area contributed by atoms with Gasteiger partial charge < -0.3 is 10.1 Å². The average molecular weight is 474 g/mol. The lowest BCUT2D eigenvalue weighted by molar-refractivity contribution is 0.0951. The smallest absolute Gasteiger partial charge is 0.283 e. The lowest BCUT2D eigenvalue weighted by atomic mass is 10.0. The number of carbonyl (C=O) groups excluding carboxylic acids is 1. The molecule has 7 nitrogen and oxygen atoms in total. The van der Waals surface area contributed by atoms with Gasteiger partial charge in [-0.1, -0.05) is 18.2 Å². The minimum Gasteiger partial charge on any atom is -0.493 e. The summed E-state index contributed by atoms with van der Waals surface area (Å²) in [5.41, 5.74) is 4.11. The Morgan fingerprint density at radius 2 is 1.91 bits per heavy atom. The molecule has 2 heterocycles. The first-order chi connectivity index (χ1) is 16.5. The van der Waals surface area contributed by atoms with Gasteiger partial charge in [-0.05, 0) is 78.4 Å². The Kier molecular flexibility index (Phi) is 4.91. The normalized spacial score (nSPS) is 15.2. The van der Waals surface area contributed by atoms with Gasteiger partial charge in [-0.25, -0.2) is 0 Å². The van der Waals surface area contributed by atoms with Crippen LogP contribution in [0.25, 0.3) is 10.9 Å². The van der Waals surface area contributed by atoms with Gasteiger partial charge >= 0.3 is 0 Å². The highest BCUT2D eigenvalue weighted by atomic mass is 32.2. The third-order valence-electron chi connectivity index (χ3n) is 6.30. The number of nitrogens with zero attached hydrogens (tertiary/aromatic N) is 2. The Labute approximate surface area is 197 Å². The van der Waals surface area contributed by atoms with Crippen molar-refractivity contribution in [1.29, 1.82) is 0 Å². The van der Waals surface area contributed by atoms with E-state index in [9.17, 15) is 13.2 Å². The fraction of sp³-hybridized carbons (Fsp3) is 0.231. The van der Waals surface area contributed by atoms with E-state index >= 15 is 0 Å². The van der Waals surface area contributed by atoms with Crippen LogP contribution in [0.15, 0.2) is 71.8 Å². The zero-order chi connectivity index (χ0) is 23.3. The fourth-order valence-corrected chi connectivity index (χ4v) is 5.67. The summed E-state index contributed by atoms with van der Waals surface area (Å²) in [6, 6.07) is 18.5. The predicted molar refractivity (Wildman–Crippen MR) is 128 cm³/mol. The summed E-state index contributed by atoms with van der Waals surface area (Å²) in [6.07, 6.45) is 5.01. The standard InChI is InChI=1S/C26H23N3O4S/c30-26(28-22-5-6-22)20-3-1-2-17(13-20)12-18-4-8-24-21(14-18)16-27-29(24)34(31,32)23-7-9-25-19(15-23)10-11-33-25/h1-4,7-9,13-16,22H,5-6,10-12H2,(H,28,30). The third-order valence-corrected chi connectivity index (χ3v) is 7.89. The molecule has 0 spiro atoms. The summed E-state index contributed by atoms with van der Waals surface area (Å²) in [4.78, 5) is 12.6. The van der Waals surface area contributed by atoms with E-state index in [-0.39, 0.29) is 10.8 Å². The van der Waals surface area contributed by atoms with Crippen LogP contribution in [0.4, 0.5) is 0 Å². The number of rotatable bonds is 6. The topological polar surface area (TPSA) is 90.3 Å².